The highest BCUT2D eigenvalue weighted by atomic mass is 14.8. The summed E-state index contributed by atoms with van der Waals surface area (Å²) in [5.41, 5.74) is 0. The molecule has 88 valence electrons. The van der Waals surface area contributed by atoms with Gasteiger partial charge in [0.05, 0.1) is 0 Å². The van der Waals surface area contributed by atoms with Gasteiger partial charge in [0.1, 0.15) is 0 Å². The van der Waals surface area contributed by atoms with Crippen LogP contribution < -0.4 is 5.32 Å². The fourth-order valence-corrected chi connectivity index (χ4v) is 2.43. The van der Waals surface area contributed by atoms with Gasteiger partial charge in [-0.25, -0.2) is 0 Å². The molecule has 1 N–H and O–H groups in total. The molecule has 1 heteroatoms. The van der Waals surface area contributed by atoms with E-state index in [-0.39, 0.29) is 0 Å². The third kappa shape index (κ3) is 5.99. The van der Waals surface area contributed by atoms with E-state index in [2.05, 4.69) is 31.3 Å². The molecule has 1 saturated carbocycles. The maximum Gasteiger partial charge on any atom is -0.00143 e. The summed E-state index contributed by atoms with van der Waals surface area (Å²) in [6.07, 6.45) is 13.0. The van der Waals surface area contributed by atoms with Crippen LogP contribution in [0.2, 0.25) is 0 Å². The van der Waals surface area contributed by atoms with Crippen molar-refractivity contribution in [3.05, 3.63) is 12.2 Å². The zero-order valence-corrected chi connectivity index (χ0v) is 10.5. The Bertz CT molecular complexity index is 174. The van der Waals surface area contributed by atoms with Crippen molar-refractivity contribution < 1.29 is 0 Å². The van der Waals surface area contributed by atoms with Crippen molar-refractivity contribution in [3.63, 3.8) is 0 Å². The van der Waals surface area contributed by atoms with E-state index < -0.39 is 0 Å². The van der Waals surface area contributed by atoms with Gasteiger partial charge in [-0.2, -0.15) is 0 Å². The summed E-state index contributed by atoms with van der Waals surface area (Å²) in [6.45, 7) is 6.91. The summed E-state index contributed by atoms with van der Waals surface area (Å²) in [6, 6.07) is 0. The molecule has 15 heavy (non-hydrogen) atoms. The predicted octanol–water partition coefficient (Wildman–Crippen LogP) is 3.76. The molecule has 0 amide bonds. The number of nitrogens with one attached hydrogen (secondary N) is 1. The Hall–Kier alpha value is -0.300. The van der Waals surface area contributed by atoms with Gasteiger partial charge >= 0.3 is 0 Å². The lowest BCUT2D eigenvalue weighted by molar-refractivity contribution is 0.325. The summed E-state index contributed by atoms with van der Waals surface area (Å²) >= 11 is 0. The molecule has 0 radical (unpaired) electrons. The summed E-state index contributed by atoms with van der Waals surface area (Å²) in [5, 5.41) is 3.43. The molecule has 0 aromatic carbocycles. The Morgan fingerprint density at radius 2 is 2.13 bits per heavy atom. The first-order valence-corrected chi connectivity index (χ1v) is 6.70. The molecular formula is C14H27N. The zero-order valence-electron chi connectivity index (χ0n) is 10.5. The lowest BCUT2D eigenvalue weighted by atomic mass is 9.82. The van der Waals surface area contributed by atoms with Crippen LogP contribution in [0.5, 0.6) is 0 Å². The van der Waals surface area contributed by atoms with Gasteiger partial charge in [0.25, 0.3) is 0 Å². The second-order valence-corrected chi connectivity index (χ2v) is 5.00. The smallest absolute Gasteiger partial charge is 0.00143 e. The van der Waals surface area contributed by atoms with Gasteiger partial charge in [0, 0.05) is 0 Å². The van der Waals surface area contributed by atoms with Crippen LogP contribution in [0.3, 0.4) is 0 Å². The van der Waals surface area contributed by atoms with Crippen molar-refractivity contribution in [1.29, 1.82) is 0 Å². The van der Waals surface area contributed by atoms with Gasteiger partial charge in [-0.3, -0.25) is 0 Å². The van der Waals surface area contributed by atoms with E-state index >= 15 is 0 Å². The highest BCUT2D eigenvalue weighted by Crippen LogP contribution is 2.29. The lowest BCUT2D eigenvalue weighted by Gasteiger charge is -2.24. The lowest BCUT2D eigenvalue weighted by Crippen LogP contribution is -2.15. The van der Waals surface area contributed by atoms with Crippen molar-refractivity contribution in [1.82, 2.24) is 5.32 Å². The van der Waals surface area contributed by atoms with E-state index in [1.165, 1.54) is 38.5 Å². The fourth-order valence-electron chi connectivity index (χ4n) is 2.43. The summed E-state index contributed by atoms with van der Waals surface area (Å²) in [5.74, 6) is 1.83. The van der Waals surface area contributed by atoms with Gasteiger partial charge in [-0.15, -0.1) is 0 Å². The number of hydrogen-bond acceptors (Lipinski definition) is 1. The van der Waals surface area contributed by atoms with Gasteiger partial charge in [-0.05, 0) is 50.6 Å². The molecule has 0 aromatic heterocycles. The first-order chi connectivity index (χ1) is 7.33. The summed E-state index contributed by atoms with van der Waals surface area (Å²) in [4.78, 5) is 0. The Labute approximate surface area is 95.3 Å². The SMILES string of the molecule is CCCNCCC=CC1CCCC(C)C1. The Morgan fingerprint density at radius 1 is 1.27 bits per heavy atom. The monoisotopic (exact) mass is 209 g/mol. The molecule has 1 aliphatic carbocycles. The van der Waals surface area contributed by atoms with Crippen molar-refractivity contribution in [2.24, 2.45) is 11.8 Å². The van der Waals surface area contributed by atoms with Gasteiger partial charge in [0.15, 0.2) is 0 Å². The molecule has 0 heterocycles. The molecule has 0 aromatic rings. The van der Waals surface area contributed by atoms with E-state index in [4.69, 9.17) is 0 Å². The highest BCUT2D eigenvalue weighted by molar-refractivity contribution is 4.91. The Kier molecular flexibility index (Phi) is 6.74. The van der Waals surface area contributed by atoms with Crippen molar-refractivity contribution in [2.45, 2.75) is 52.4 Å². The van der Waals surface area contributed by atoms with E-state index in [0.717, 1.165) is 24.9 Å². The van der Waals surface area contributed by atoms with Crippen LogP contribution in [0, 0.1) is 11.8 Å². The van der Waals surface area contributed by atoms with E-state index in [0.29, 0.717) is 0 Å². The molecular weight excluding hydrogens is 182 g/mol. The minimum absolute atomic E-state index is 0.875. The Morgan fingerprint density at radius 3 is 2.87 bits per heavy atom. The third-order valence-electron chi connectivity index (χ3n) is 3.30. The fraction of sp³-hybridized carbons (Fsp3) is 0.857. The molecule has 2 atom stereocenters. The maximum absolute atomic E-state index is 3.43. The van der Waals surface area contributed by atoms with Crippen molar-refractivity contribution >= 4 is 0 Å². The van der Waals surface area contributed by atoms with Crippen molar-refractivity contribution in [3.8, 4) is 0 Å². The minimum atomic E-state index is 0.875. The normalized spacial score (nSPS) is 27.3. The van der Waals surface area contributed by atoms with Crippen LogP contribution in [0.1, 0.15) is 52.4 Å². The largest absolute Gasteiger partial charge is 0.316 e. The molecule has 2 unspecified atom stereocenters. The van der Waals surface area contributed by atoms with Crippen LogP contribution in [0.15, 0.2) is 12.2 Å². The summed E-state index contributed by atoms with van der Waals surface area (Å²) < 4.78 is 0. The standard InChI is InChI=1S/C14H27N/c1-3-10-15-11-5-4-8-14-9-6-7-13(2)12-14/h4,8,13-15H,3,5-7,9-12H2,1-2H3. The van der Waals surface area contributed by atoms with Gasteiger partial charge < -0.3 is 5.32 Å². The second-order valence-electron chi connectivity index (χ2n) is 5.00. The van der Waals surface area contributed by atoms with Gasteiger partial charge in [-0.1, -0.05) is 38.8 Å². The minimum Gasteiger partial charge on any atom is -0.316 e. The van der Waals surface area contributed by atoms with E-state index in [9.17, 15) is 0 Å². The first kappa shape index (κ1) is 12.8. The molecule has 1 nitrogen and oxygen atoms in total. The van der Waals surface area contributed by atoms with Crippen molar-refractivity contribution in [2.75, 3.05) is 13.1 Å². The quantitative estimate of drug-likeness (QED) is 0.519. The van der Waals surface area contributed by atoms with Crippen LogP contribution in [0.4, 0.5) is 0 Å². The van der Waals surface area contributed by atoms with E-state index in [1.54, 1.807) is 0 Å². The third-order valence-corrected chi connectivity index (χ3v) is 3.30. The van der Waals surface area contributed by atoms with Crippen LogP contribution in [0.25, 0.3) is 0 Å². The van der Waals surface area contributed by atoms with Crippen LogP contribution in [-0.4, -0.2) is 13.1 Å². The second kappa shape index (κ2) is 7.92. The summed E-state index contributed by atoms with van der Waals surface area (Å²) in [7, 11) is 0. The molecule has 1 rings (SSSR count). The zero-order chi connectivity index (χ0) is 10.9. The average Bonchev–Trinajstić information content (AvgIpc) is 2.23. The Balaban J connectivity index is 2.03. The molecule has 0 spiro atoms. The predicted molar refractivity (Wildman–Crippen MR) is 68.0 cm³/mol. The molecule has 1 fully saturated rings. The average molecular weight is 209 g/mol. The molecule has 0 saturated heterocycles. The van der Waals surface area contributed by atoms with Crippen LogP contribution >= 0.6 is 0 Å². The molecule has 0 aliphatic heterocycles. The highest BCUT2D eigenvalue weighted by Gasteiger charge is 2.15. The van der Waals surface area contributed by atoms with E-state index in [1.807, 2.05) is 0 Å². The van der Waals surface area contributed by atoms with Crippen LogP contribution in [-0.2, 0) is 0 Å². The van der Waals surface area contributed by atoms with Gasteiger partial charge in [0.2, 0.25) is 0 Å². The number of allylic oxidation sites excluding steroid dienone is 1. The molecule has 0 bridgehead atoms. The molecule has 1 aliphatic rings. The number of rotatable bonds is 6. The number of hydrogen-bond donors (Lipinski definition) is 1. The maximum atomic E-state index is 3.43. The first-order valence-electron chi connectivity index (χ1n) is 6.70. The topological polar surface area (TPSA) is 12.0 Å².